The highest BCUT2D eigenvalue weighted by atomic mass is 28.4. The minimum Gasteiger partial charge on any atom is -0.506 e. The van der Waals surface area contributed by atoms with Crippen molar-refractivity contribution in [3.05, 3.63) is 18.2 Å². The van der Waals surface area contributed by atoms with Crippen molar-refractivity contribution in [3.8, 4) is 5.75 Å². The highest BCUT2D eigenvalue weighted by Gasteiger charge is 2.21. The van der Waals surface area contributed by atoms with Crippen LogP contribution in [0, 0.1) is 0 Å². The third kappa shape index (κ3) is 3.69. The summed E-state index contributed by atoms with van der Waals surface area (Å²) in [5.74, 6) is 0.140. The molecule has 1 aromatic rings. The van der Waals surface area contributed by atoms with Gasteiger partial charge in [-0.1, -0.05) is 6.07 Å². The molecule has 0 aliphatic heterocycles. The van der Waals surface area contributed by atoms with Gasteiger partial charge in [0, 0.05) is 0 Å². The van der Waals surface area contributed by atoms with Crippen molar-refractivity contribution in [2.75, 3.05) is 5.73 Å². The molecule has 1 radical (unpaired) electrons. The fourth-order valence-electron chi connectivity index (χ4n) is 1.29. The molecule has 0 aliphatic rings. The minimum absolute atomic E-state index is 0.140. The summed E-state index contributed by atoms with van der Waals surface area (Å²) in [6, 6.07) is 5.33. The Labute approximate surface area is 93.7 Å². The van der Waals surface area contributed by atoms with Gasteiger partial charge >= 0.3 is 0 Å². The molecule has 3 nitrogen and oxygen atoms in total. The Hall–Kier alpha value is -0.786. The Kier molecular flexibility index (Phi) is 3.59. The van der Waals surface area contributed by atoms with Crippen LogP contribution < -0.4 is 10.9 Å². The van der Waals surface area contributed by atoms with Gasteiger partial charge in [0.25, 0.3) is 0 Å². The molecule has 0 saturated carbocycles. The molecular weight excluding hydrogens is 222 g/mol. The maximum atomic E-state index is 9.31. The van der Waals surface area contributed by atoms with E-state index < -0.39 is 17.4 Å². The van der Waals surface area contributed by atoms with Crippen LogP contribution in [0.15, 0.2) is 18.2 Å². The second kappa shape index (κ2) is 4.38. The van der Waals surface area contributed by atoms with E-state index in [-0.39, 0.29) is 5.75 Å². The van der Waals surface area contributed by atoms with Gasteiger partial charge < -0.3 is 15.0 Å². The number of nitrogens with two attached hydrogens (primary N) is 1. The highest BCUT2D eigenvalue weighted by Crippen LogP contribution is 2.17. The van der Waals surface area contributed by atoms with Crippen LogP contribution in [0.4, 0.5) is 5.69 Å². The van der Waals surface area contributed by atoms with Crippen LogP contribution >= 0.6 is 0 Å². The second-order valence-corrected chi connectivity index (χ2v) is 11.3. The number of nitrogen functional groups attached to an aromatic ring is 1. The number of hydrogen-bond donors (Lipinski definition) is 2. The van der Waals surface area contributed by atoms with Gasteiger partial charge in [0.2, 0.25) is 9.04 Å². The van der Waals surface area contributed by atoms with E-state index in [1.54, 1.807) is 6.07 Å². The Morgan fingerprint density at radius 1 is 1.33 bits per heavy atom. The van der Waals surface area contributed by atoms with E-state index >= 15 is 0 Å². The average Bonchev–Trinajstić information content (AvgIpc) is 2.06. The molecule has 0 heterocycles. The van der Waals surface area contributed by atoms with Crippen LogP contribution in [0.5, 0.6) is 5.75 Å². The van der Waals surface area contributed by atoms with Crippen LogP contribution in [0.1, 0.15) is 0 Å². The van der Waals surface area contributed by atoms with Crippen molar-refractivity contribution in [1.82, 2.24) is 0 Å². The summed E-state index contributed by atoms with van der Waals surface area (Å²) in [5.41, 5.74) is 6.07. The molecular formula is C10H18NO2Si2. The van der Waals surface area contributed by atoms with Gasteiger partial charge in [-0.3, -0.25) is 0 Å². The van der Waals surface area contributed by atoms with Crippen molar-refractivity contribution >= 4 is 28.2 Å². The lowest BCUT2D eigenvalue weighted by Crippen LogP contribution is -2.40. The van der Waals surface area contributed by atoms with Crippen molar-refractivity contribution in [1.29, 1.82) is 0 Å². The molecule has 0 amide bonds. The van der Waals surface area contributed by atoms with Crippen LogP contribution in [-0.4, -0.2) is 22.5 Å². The predicted octanol–water partition coefficient (Wildman–Crippen LogP) is 1.65. The van der Waals surface area contributed by atoms with Gasteiger partial charge in [-0.15, -0.1) is 0 Å². The first-order valence-corrected chi connectivity index (χ1v) is 10.2. The van der Waals surface area contributed by atoms with Gasteiger partial charge in [0.05, 0.1) is 5.69 Å². The molecule has 0 unspecified atom stereocenters. The van der Waals surface area contributed by atoms with Crippen LogP contribution in [0.2, 0.25) is 26.2 Å². The van der Waals surface area contributed by atoms with E-state index in [4.69, 9.17) is 9.85 Å². The first-order chi connectivity index (χ1) is 6.79. The van der Waals surface area contributed by atoms with Gasteiger partial charge in [0.15, 0.2) is 8.32 Å². The monoisotopic (exact) mass is 240 g/mol. The lowest BCUT2D eigenvalue weighted by Gasteiger charge is -2.22. The summed E-state index contributed by atoms with van der Waals surface area (Å²) in [6.07, 6.45) is 0. The van der Waals surface area contributed by atoms with E-state index in [0.717, 1.165) is 5.19 Å². The second-order valence-electron chi connectivity index (χ2n) is 4.54. The SMILES string of the molecule is C[Si](O[Si](C)(C)C)c1ccc(O)c(N)c1. The molecule has 15 heavy (non-hydrogen) atoms. The van der Waals surface area contributed by atoms with E-state index in [2.05, 4.69) is 26.2 Å². The van der Waals surface area contributed by atoms with Crippen molar-refractivity contribution in [2.45, 2.75) is 26.2 Å². The summed E-state index contributed by atoms with van der Waals surface area (Å²) < 4.78 is 6.02. The van der Waals surface area contributed by atoms with Gasteiger partial charge in [-0.05, 0) is 43.5 Å². The zero-order valence-electron chi connectivity index (χ0n) is 9.66. The van der Waals surface area contributed by atoms with Gasteiger partial charge in [-0.2, -0.15) is 0 Å². The number of phenols is 1. The molecule has 0 aromatic heterocycles. The number of anilines is 1. The largest absolute Gasteiger partial charge is 0.506 e. The van der Waals surface area contributed by atoms with E-state index in [0.29, 0.717) is 5.69 Å². The van der Waals surface area contributed by atoms with Gasteiger partial charge in [-0.25, -0.2) is 0 Å². The molecule has 0 saturated heterocycles. The quantitative estimate of drug-likeness (QED) is 0.480. The van der Waals surface area contributed by atoms with Crippen molar-refractivity contribution < 1.29 is 9.22 Å². The molecule has 0 atom stereocenters. The molecule has 5 heteroatoms. The highest BCUT2D eigenvalue weighted by molar-refractivity contribution is 6.81. The van der Waals surface area contributed by atoms with Crippen LogP contribution in [0.3, 0.4) is 0 Å². The van der Waals surface area contributed by atoms with Gasteiger partial charge in [0.1, 0.15) is 5.75 Å². The normalized spacial score (nSPS) is 12.1. The maximum absolute atomic E-state index is 9.31. The Morgan fingerprint density at radius 2 is 1.93 bits per heavy atom. The van der Waals surface area contributed by atoms with Crippen molar-refractivity contribution in [2.24, 2.45) is 0 Å². The maximum Gasteiger partial charge on any atom is 0.231 e. The molecule has 0 spiro atoms. The predicted molar refractivity (Wildman–Crippen MR) is 68.2 cm³/mol. The smallest absolute Gasteiger partial charge is 0.231 e. The molecule has 0 bridgehead atoms. The summed E-state index contributed by atoms with van der Waals surface area (Å²) >= 11 is 0. The van der Waals surface area contributed by atoms with Crippen LogP contribution in [-0.2, 0) is 4.12 Å². The number of rotatable bonds is 3. The fraction of sp³-hybridized carbons (Fsp3) is 0.400. The first kappa shape index (κ1) is 12.3. The number of hydrogen-bond acceptors (Lipinski definition) is 3. The Balaban J connectivity index is 2.83. The molecule has 1 rings (SSSR count). The van der Waals surface area contributed by atoms with Crippen LogP contribution in [0.25, 0.3) is 0 Å². The number of phenolic OH excluding ortho intramolecular Hbond substituents is 1. The molecule has 1 aromatic carbocycles. The number of aromatic hydroxyl groups is 1. The summed E-state index contributed by atoms with van der Waals surface area (Å²) in [7, 11) is -2.48. The summed E-state index contributed by atoms with van der Waals surface area (Å²) in [4.78, 5) is 0. The molecule has 3 N–H and O–H groups in total. The van der Waals surface area contributed by atoms with E-state index in [1.807, 2.05) is 12.1 Å². The molecule has 0 fully saturated rings. The third-order valence-corrected chi connectivity index (χ3v) is 6.69. The molecule has 0 aliphatic carbocycles. The summed E-state index contributed by atoms with van der Waals surface area (Å²) in [5, 5.41) is 10.4. The zero-order valence-corrected chi connectivity index (χ0v) is 11.7. The number of benzene rings is 1. The first-order valence-electron chi connectivity index (χ1n) is 4.91. The Bertz CT molecular complexity index is 350. The molecule has 83 valence electrons. The van der Waals surface area contributed by atoms with Crippen molar-refractivity contribution in [3.63, 3.8) is 0 Å². The lowest BCUT2D eigenvalue weighted by atomic mass is 10.3. The standard InChI is InChI=1S/C10H18NO2Si2/c1-14(13-15(2,3)4)8-5-6-10(12)9(11)7-8/h5-7,12H,11H2,1-4H3. The zero-order chi connectivity index (χ0) is 11.6. The van der Waals surface area contributed by atoms with E-state index in [1.165, 1.54) is 0 Å². The average molecular weight is 240 g/mol. The minimum atomic E-state index is -1.49. The van der Waals surface area contributed by atoms with E-state index in [9.17, 15) is 5.11 Å². The Morgan fingerprint density at radius 3 is 2.40 bits per heavy atom. The summed E-state index contributed by atoms with van der Waals surface area (Å²) in [6.45, 7) is 8.62. The fourth-order valence-corrected chi connectivity index (χ4v) is 6.11. The topological polar surface area (TPSA) is 55.5 Å². The lowest BCUT2D eigenvalue weighted by molar-refractivity contribution is 0.478. The third-order valence-electron chi connectivity index (χ3n) is 1.89.